The van der Waals surface area contributed by atoms with E-state index in [1.165, 1.54) is 86.5 Å². The van der Waals surface area contributed by atoms with Gasteiger partial charge >= 0.3 is 0 Å². The van der Waals surface area contributed by atoms with Crippen molar-refractivity contribution in [1.82, 2.24) is 4.57 Å². The Bertz CT molecular complexity index is 2390. The molecule has 8 rings (SSSR count). The van der Waals surface area contributed by atoms with Crippen LogP contribution in [0.15, 0.2) is 103 Å². The molecule has 0 atom stereocenters. The number of thiophene rings is 1. The molecule has 6 aromatic carbocycles. The Morgan fingerprint density at radius 3 is 2.11 bits per heavy atom. The minimum Gasteiger partial charge on any atom is -0.225 e. The molecule has 0 fully saturated rings. The number of fused-ring (bicyclic) bond motifs is 7. The lowest BCUT2D eigenvalue weighted by atomic mass is 9.92. The maximum Gasteiger partial charge on any atom is 0.296 e. The minimum atomic E-state index is 0.395. The molecule has 0 aliphatic carbocycles. The topological polar surface area (TPSA) is 8.81 Å². The van der Waals surface area contributed by atoms with Gasteiger partial charge in [0.25, 0.3) is 5.82 Å². The number of hydrogen-bond acceptors (Lipinski definition) is 1. The fourth-order valence-electron chi connectivity index (χ4n) is 7.31. The highest BCUT2D eigenvalue weighted by Crippen LogP contribution is 2.45. The molecule has 3 heteroatoms. The van der Waals surface area contributed by atoms with E-state index in [2.05, 4.69) is 154 Å². The Labute approximate surface area is 262 Å². The SMILES string of the molecule is Cc1ccc2c(sc3cc4c(ccc5ccccc54)cc32)c1-c1n(-c2c(C(C)C)cccc2C(C)C)c2ccccc2[n+]1C. The highest BCUT2D eigenvalue weighted by atomic mass is 32.1. The first-order valence-corrected chi connectivity index (χ1v) is 16.6. The van der Waals surface area contributed by atoms with E-state index in [0.717, 1.165) is 0 Å². The van der Waals surface area contributed by atoms with Crippen molar-refractivity contribution in [2.45, 2.75) is 46.5 Å². The second-order valence-electron chi connectivity index (χ2n) is 12.9. The van der Waals surface area contributed by atoms with Gasteiger partial charge in [-0.05, 0) is 70.1 Å². The van der Waals surface area contributed by atoms with E-state index < -0.39 is 0 Å². The third-order valence-electron chi connectivity index (χ3n) is 9.52. The predicted octanol–water partition coefficient (Wildman–Crippen LogP) is 11.4. The van der Waals surface area contributed by atoms with Crippen LogP contribution in [0.25, 0.3) is 69.8 Å². The van der Waals surface area contributed by atoms with Crippen molar-refractivity contribution in [1.29, 1.82) is 0 Å². The van der Waals surface area contributed by atoms with Crippen LogP contribution in [0, 0.1) is 6.92 Å². The van der Waals surface area contributed by atoms with Gasteiger partial charge in [0.1, 0.15) is 5.69 Å². The first-order valence-electron chi connectivity index (χ1n) is 15.7. The highest BCUT2D eigenvalue weighted by molar-refractivity contribution is 7.26. The van der Waals surface area contributed by atoms with Gasteiger partial charge < -0.3 is 0 Å². The molecule has 0 radical (unpaired) electrons. The third-order valence-corrected chi connectivity index (χ3v) is 10.7. The lowest BCUT2D eigenvalue weighted by Crippen LogP contribution is -2.30. The third kappa shape index (κ3) is 3.89. The van der Waals surface area contributed by atoms with Crippen LogP contribution < -0.4 is 4.57 Å². The van der Waals surface area contributed by atoms with Crippen molar-refractivity contribution >= 4 is 64.1 Å². The molecule has 0 aliphatic rings. The molecule has 2 heterocycles. The van der Waals surface area contributed by atoms with Gasteiger partial charge in [-0.1, -0.05) is 107 Å². The summed E-state index contributed by atoms with van der Waals surface area (Å²) in [5.41, 5.74) is 9.21. The van der Waals surface area contributed by atoms with Gasteiger partial charge in [0, 0.05) is 26.6 Å². The number of rotatable bonds is 4. The molecule has 0 bridgehead atoms. The summed E-state index contributed by atoms with van der Waals surface area (Å²) < 4.78 is 7.70. The molecule has 0 unspecified atom stereocenters. The standard InChI is InChI=1S/C41H37N2S/c1-24(2)29-14-11-15-30(25(3)4)39(29)43-36-17-10-9-16-35(36)42(6)41(43)38-26(5)18-21-32-34-22-28-20-19-27-12-7-8-13-31(27)33(28)23-37(34)44-40(32)38/h7-25H,1-6H3/q+1. The first-order chi connectivity index (χ1) is 21.3. The summed E-state index contributed by atoms with van der Waals surface area (Å²) >= 11 is 1.94. The number of aryl methyl sites for hydroxylation is 2. The van der Waals surface area contributed by atoms with Crippen molar-refractivity contribution in [3.63, 3.8) is 0 Å². The van der Waals surface area contributed by atoms with Gasteiger partial charge in [-0.3, -0.25) is 0 Å². The van der Waals surface area contributed by atoms with Crippen LogP contribution in [0.1, 0.15) is 56.2 Å². The van der Waals surface area contributed by atoms with Crippen LogP contribution >= 0.6 is 11.3 Å². The zero-order valence-electron chi connectivity index (χ0n) is 26.3. The predicted molar refractivity (Wildman–Crippen MR) is 191 cm³/mol. The fraction of sp³-hybridized carbons (Fsp3) is 0.195. The van der Waals surface area contributed by atoms with Crippen LogP contribution in [0.2, 0.25) is 0 Å². The van der Waals surface area contributed by atoms with Crippen LogP contribution in [0.3, 0.4) is 0 Å². The molecular formula is C41H37N2S+. The highest BCUT2D eigenvalue weighted by Gasteiger charge is 2.32. The fourth-order valence-corrected chi connectivity index (χ4v) is 8.63. The summed E-state index contributed by atoms with van der Waals surface area (Å²) in [6.45, 7) is 11.6. The molecule has 2 aromatic heterocycles. The number of aromatic nitrogens is 2. The van der Waals surface area contributed by atoms with Gasteiger partial charge in [0.2, 0.25) is 0 Å². The summed E-state index contributed by atoms with van der Waals surface area (Å²) in [5, 5.41) is 7.90. The Balaban J connectivity index is 1.52. The second-order valence-corrected chi connectivity index (χ2v) is 13.9. The molecule has 0 saturated carbocycles. The van der Waals surface area contributed by atoms with E-state index >= 15 is 0 Å². The molecule has 0 saturated heterocycles. The normalized spacial score (nSPS) is 12.3. The van der Waals surface area contributed by atoms with Gasteiger partial charge in [-0.2, -0.15) is 4.57 Å². The largest absolute Gasteiger partial charge is 0.296 e. The van der Waals surface area contributed by atoms with Crippen molar-refractivity contribution in [2.75, 3.05) is 0 Å². The maximum absolute atomic E-state index is 2.58. The van der Waals surface area contributed by atoms with E-state index in [4.69, 9.17) is 0 Å². The number of nitrogens with zero attached hydrogens (tertiary/aromatic N) is 2. The van der Waals surface area contributed by atoms with E-state index in [0.29, 0.717) is 11.8 Å². The second kappa shape index (κ2) is 10.0. The molecule has 0 spiro atoms. The molecule has 2 nitrogen and oxygen atoms in total. The van der Waals surface area contributed by atoms with E-state index in [9.17, 15) is 0 Å². The summed E-state index contributed by atoms with van der Waals surface area (Å²) in [4.78, 5) is 0. The first kappa shape index (κ1) is 27.1. The quantitative estimate of drug-likeness (QED) is 0.143. The van der Waals surface area contributed by atoms with Crippen molar-refractivity contribution in [3.05, 3.63) is 120 Å². The Morgan fingerprint density at radius 2 is 1.34 bits per heavy atom. The lowest BCUT2D eigenvalue weighted by molar-refractivity contribution is -0.633. The summed E-state index contributed by atoms with van der Waals surface area (Å²) in [7, 11) is 2.24. The molecule has 216 valence electrons. The zero-order valence-corrected chi connectivity index (χ0v) is 27.1. The van der Waals surface area contributed by atoms with Gasteiger partial charge in [0.15, 0.2) is 11.0 Å². The van der Waals surface area contributed by atoms with E-state index in [1.54, 1.807) is 0 Å². The average molecular weight is 590 g/mol. The van der Waals surface area contributed by atoms with Gasteiger partial charge in [0.05, 0.1) is 17.3 Å². The van der Waals surface area contributed by atoms with E-state index in [-0.39, 0.29) is 0 Å². The van der Waals surface area contributed by atoms with Crippen LogP contribution in [-0.4, -0.2) is 4.57 Å². The summed E-state index contributed by atoms with van der Waals surface area (Å²) in [5.74, 6) is 2.03. The summed E-state index contributed by atoms with van der Waals surface area (Å²) in [6, 6.07) is 38.6. The zero-order chi connectivity index (χ0) is 30.3. The molecular weight excluding hydrogens is 553 g/mol. The Hall–Kier alpha value is -4.47. The van der Waals surface area contributed by atoms with Crippen molar-refractivity contribution in [3.8, 4) is 17.1 Å². The van der Waals surface area contributed by atoms with E-state index in [1.807, 2.05) is 11.3 Å². The number of para-hydroxylation sites is 3. The monoisotopic (exact) mass is 589 g/mol. The number of hydrogen-bond donors (Lipinski definition) is 0. The Morgan fingerprint density at radius 1 is 0.636 bits per heavy atom. The molecule has 0 N–H and O–H groups in total. The molecule has 0 aliphatic heterocycles. The smallest absolute Gasteiger partial charge is 0.225 e. The van der Waals surface area contributed by atoms with Crippen LogP contribution in [0.4, 0.5) is 0 Å². The lowest BCUT2D eigenvalue weighted by Gasteiger charge is -2.18. The molecule has 0 amide bonds. The average Bonchev–Trinajstić information content (AvgIpc) is 3.53. The minimum absolute atomic E-state index is 0.395. The van der Waals surface area contributed by atoms with Crippen molar-refractivity contribution < 1.29 is 4.57 Å². The van der Waals surface area contributed by atoms with Gasteiger partial charge in [-0.15, -0.1) is 11.3 Å². The Kier molecular flexibility index (Phi) is 6.18. The molecule has 8 aromatic rings. The van der Waals surface area contributed by atoms with Crippen LogP contribution in [-0.2, 0) is 7.05 Å². The van der Waals surface area contributed by atoms with Crippen LogP contribution in [0.5, 0.6) is 0 Å². The van der Waals surface area contributed by atoms with Crippen molar-refractivity contribution in [2.24, 2.45) is 7.05 Å². The van der Waals surface area contributed by atoms with Gasteiger partial charge in [-0.25, -0.2) is 4.57 Å². The summed E-state index contributed by atoms with van der Waals surface area (Å²) in [6.07, 6.45) is 0. The number of benzene rings is 6. The maximum atomic E-state index is 2.58. The number of imidazole rings is 1. The molecule has 44 heavy (non-hydrogen) atoms.